The number of aliphatic hydroxyl groups is 1. The van der Waals surface area contributed by atoms with Crippen molar-refractivity contribution in [3.63, 3.8) is 0 Å². The average molecular weight is 279 g/mol. The number of benzene rings is 1. The van der Waals surface area contributed by atoms with Gasteiger partial charge in [0.15, 0.2) is 0 Å². The summed E-state index contributed by atoms with van der Waals surface area (Å²) in [5.41, 5.74) is 1.06. The Balaban J connectivity index is 2.39. The number of likely N-dealkylation sites (N-methyl/N-ethyl adjacent to an activating group) is 1. The minimum absolute atomic E-state index is 0.258. The summed E-state index contributed by atoms with van der Waals surface area (Å²) >= 11 is 0. The van der Waals surface area contributed by atoms with Crippen molar-refractivity contribution in [2.75, 3.05) is 21.3 Å². The lowest BCUT2D eigenvalue weighted by Crippen LogP contribution is -2.26. The highest BCUT2D eigenvalue weighted by atomic mass is 16.5. The minimum atomic E-state index is -0.992. The Morgan fingerprint density at radius 3 is 2.60 bits per heavy atom. The number of rotatable bonds is 3. The van der Waals surface area contributed by atoms with Gasteiger partial charge >= 0.3 is 5.97 Å². The summed E-state index contributed by atoms with van der Waals surface area (Å²) in [5, 5.41) is 9.62. The van der Waals surface area contributed by atoms with E-state index in [4.69, 9.17) is 9.47 Å². The number of carbonyl (C=O) groups excluding carboxylic acids is 2. The van der Waals surface area contributed by atoms with E-state index in [0.29, 0.717) is 17.7 Å². The standard InChI is InChI=1S/C14H17NO5/c1-15-10(7-11(16)13(15)17)8-4-5-12(19-2)9(6-8)14(18)20-3/h4-6,10-11,16H,7H2,1-3H3. The number of carbonyl (C=O) groups is 2. The second-order valence-corrected chi connectivity index (χ2v) is 4.67. The molecular weight excluding hydrogens is 262 g/mol. The number of esters is 1. The van der Waals surface area contributed by atoms with Gasteiger partial charge in [-0.2, -0.15) is 0 Å². The Kier molecular flexibility index (Phi) is 3.94. The topological polar surface area (TPSA) is 76.1 Å². The maximum absolute atomic E-state index is 11.7. The Hall–Kier alpha value is -2.08. The van der Waals surface area contributed by atoms with Gasteiger partial charge in [0.2, 0.25) is 0 Å². The molecule has 2 atom stereocenters. The van der Waals surface area contributed by atoms with Gasteiger partial charge in [0.1, 0.15) is 17.4 Å². The molecule has 0 spiro atoms. The van der Waals surface area contributed by atoms with E-state index in [2.05, 4.69) is 0 Å². The normalized spacial score (nSPS) is 22.0. The summed E-state index contributed by atoms with van der Waals surface area (Å²) < 4.78 is 9.84. The largest absolute Gasteiger partial charge is 0.496 e. The first-order valence-corrected chi connectivity index (χ1v) is 6.20. The molecular formula is C14H17NO5. The smallest absolute Gasteiger partial charge is 0.341 e. The van der Waals surface area contributed by atoms with Crippen LogP contribution in [0.4, 0.5) is 0 Å². The predicted octanol–water partition coefficient (Wildman–Crippen LogP) is 0.746. The summed E-state index contributed by atoms with van der Waals surface area (Å²) in [6.07, 6.45) is -0.684. The molecule has 6 heteroatoms. The Morgan fingerprint density at radius 1 is 1.40 bits per heavy atom. The van der Waals surface area contributed by atoms with Crippen LogP contribution in [0.3, 0.4) is 0 Å². The second kappa shape index (κ2) is 5.50. The van der Waals surface area contributed by atoms with Crippen molar-refractivity contribution in [2.45, 2.75) is 18.6 Å². The predicted molar refractivity (Wildman–Crippen MR) is 70.5 cm³/mol. The van der Waals surface area contributed by atoms with Gasteiger partial charge in [-0.1, -0.05) is 6.07 Å². The number of aliphatic hydroxyl groups excluding tert-OH is 1. The first-order chi connectivity index (χ1) is 9.49. The number of likely N-dealkylation sites (tertiary alicyclic amines) is 1. The van der Waals surface area contributed by atoms with Crippen molar-refractivity contribution in [1.82, 2.24) is 4.90 Å². The van der Waals surface area contributed by atoms with Crippen molar-refractivity contribution in [2.24, 2.45) is 0 Å². The fourth-order valence-corrected chi connectivity index (χ4v) is 2.42. The Bertz CT molecular complexity index is 542. The molecule has 20 heavy (non-hydrogen) atoms. The van der Waals surface area contributed by atoms with Crippen molar-refractivity contribution >= 4 is 11.9 Å². The van der Waals surface area contributed by atoms with E-state index in [-0.39, 0.29) is 11.9 Å². The summed E-state index contributed by atoms with van der Waals surface area (Å²) in [7, 11) is 4.39. The monoisotopic (exact) mass is 279 g/mol. The van der Waals surface area contributed by atoms with Gasteiger partial charge in [-0.25, -0.2) is 4.79 Å². The van der Waals surface area contributed by atoms with Gasteiger partial charge in [0.25, 0.3) is 5.91 Å². The lowest BCUT2D eigenvalue weighted by Gasteiger charge is -2.20. The SMILES string of the molecule is COC(=O)c1cc(C2CC(O)C(=O)N2C)ccc1OC. The molecule has 2 rings (SSSR count). The lowest BCUT2D eigenvalue weighted by molar-refractivity contribution is -0.134. The number of hydrogen-bond acceptors (Lipinski definition) is 5. The molecule has 0 saturated carbocycles. The highest BCUT2D eigenvalue weighted by molar-refractivity contribution is 5.93. The molecule has 2 unspecified atom stereocenters. The molecule has 1 fully saturated rings. The van der Waals surface area contributed by atoms with Crippen LogP contribution >= 0.6 is 0 Å². The molecule has 1 aromatic carbocycles. The van der Waals surface area contributed by atoms with Gasteiger partial charge in [-0.15, -0.1) is 0 Å². The molecule has 1 N–H and O–H groups in total. The molecule has 1 heterocycles. The quantitative estimate of drug-likeness (QED) is 0.826. The molecule has 0 radical (unpaired) electrons. The number of hydrogen-bond donors (Lipinski definition) is 1. The van der Waals surface area contributed by atoms with Crippen LogP contribution in [0.5, 0.6) is 5.75 Å². The van der Waals surface area contributed by atoms with E-state index in [1.807, 2.05) is 0 Å². The lowest BCUT2D eigenvalue weighted by atomic mass is 10.0. The van der Waals surface area contributed by atoms with Gasteiger partial charge in [-0.05, 0) is 17.7 Å². The van der Waals surface area contributed by atoms with Crippen LogP contribution in [0, 0.1) is 0 Å². The number of amides is 1. The van der Waals surface area contributed by atoms with Crippen molar-refractivity contribution < 1.29 is 24.2 Å². The first kappa shape index (κ1) is 14.3. The third kappa shape index (κ3) is 2.34. The zero-order valence-electron chi connectivity index (χ0n) is 11.6. The van der Waals surface area contributed by atoms with E-state index in [1.165, 1.54) is 19.1 Å². The molecule has 1 amide bonds. The zero-order valence-corrected chi connectivity index (χ0v) is 11.6. The van der Waals surface area contributed by atoms with Gasteiger partial charge in [0.05, 0.1) is 20.3 Å². The van der Waals surface area contributed by atoms with E-state index in [0.717, 1.165) is 5.56 Å². The van der Waals surface area contributed by atoms with Gasteiger partial charge in [-0.3, -0.25) is 4.79 Å². The summed E-state index contributed by atoms with van der Waals surface area (Å²) in [4.78, 5) is 24.9. The fraction of sp³-hybridized carbons (Fsp3) is 0.429. The van der Waals surface area contributed by atoms with Crippen LogP contribution in [0.2, 0.25) is 0 Å². The average Bonchev–Trinajstić information content (AvgIpc) is 2.73. The Morgan fingerprint density at radius 2 is 2.10 bits per heavy atom. The first-order valence-electron chi connectivity index (χ1n) is 6.20. The molecule has 0 aliphatic carbocycles. The van der Waals surface area contributed by atoms with Crippen molar-refractivity contribution in [3.05, 3.63) is 29.3 Å². The van der Waals surface area contributed by atoms with Crippen LogP contribution in [0.25, 0.3) is 0 Å². The van der Waals surface area contributed by atoms with E-state index < -0.39 is 12.1 Å². The molecule has 0 bridgehead atoms. The van der Waals surface area contributed by atoms with Crippen LogP contribution in [0.1, 0.15) is 28.4 Å². The van der Waals surface area contributed by atoms with Crippen LogP contribution in [0.15, 0.2) is 18.2 Å². The number of methoxy groups -OCH3 is 2. The maximum Gasteiger partial charge on any atom is 0.341 e. The minimum Gasteiger partial charge on any atom is -0.496 e. The molecule has 1 saturated heterocycles. The maximum atomic E-state index is 11.7. The molecule has 1 aromatic rings. The molecule has 0 aromatic heterocycles. The van der Waals surface area contributed by atoms with Gasteiger partial charge < -0.3 is 19.5 Å². The van der Waals surface area contributed by atoms with Crippen molar-refractivity contribution in [3.8, 4) is 5.75 Å². The van der Waals surface area contributed by atoms with E-state index >= 15 is 0 Å². The molecule has 108 valence electrons. The zero-order chi connectivity index (χ0) is 14.9. The number of nitrogens with zero attached hydrogens (tertiary/aromatic N) is 1. The number of ether oxygens (including phenoxy) is 2. The van der Waals surface area contributed by atoms with Crippen LogP contribution in [-0.4, -0.2) is 49.3 Å². The van der Waals surface area contributed by atoms with Gasteiger partial charge in [0, 0.05) is 13.5 Å². The summed E-state index contributed by atoms with van der Waals surface area (Å²) in [6, 6.07) is 4.81. The van der Waals surface area contributed by atoms with Crippen molar-refractivity contribution in [1.29, 1.82) is 0 Å². The molecule has 1 aliphatic heterocycles. The van der Waals surface area contributed by atoms with E-state index in [9.17, 15) is 14.7 Å². The third-order valence-electron chi connectivity index (χ3n) is 3.56. The summed E-state index contributed by atoms with van der Waals surface area (Å²) in [6.45, 7) is 0. The summed E-state index contributed by atoms with van der Waals surface area (Å²) in [5.74, 6) is -0.408. The van der Waals surface area contributed by atoms with Crippen LogP contribution < -0.4 is 4.74 Å². The third-order valence-corrected chi connectivity index (χ3v) is 3.56. The Labute approximate surface area is 116 Å². The fourth-order valence-electron chi connectivity index (χ4n) is 2.42. The highest BCUT2D eigenvalue weighted by Gasteiger charge is 2.37. The molecule has 1 aliphatic rings. The van der Waals surface area contributed by atoms with E-state index in [1.54, 1.807) is 25.2 Å². The van der Waals surface area contributed by atoms with Crippen LogP contribution in [-0.2, 0) is 9.53 Å². The molecule has 6 nitrogen and oxygen atoms in total. The second-order valence-electron chi connectivity index (χ2n) is 4.67. The highest BCUT2D eigenvalue weighted by Crippen LogP contribution is 2.34.